The van der Waals surface area contributed by atoms with E-state index >= 15 is 0 Å². The molecular formula is C19H31N. The largest absolute Gasteiger partial charge is 0.314 e. The Labute approximate surface area is 125 Å². The molecule has 0 radical (unpaired) electrons. The third kappa shape index (κ3) is 4.09. The lowest BCUT2D eigenvalue weighted by Crippen LogP contribution is -2.40. The van der Waals surface area contributed by atoms with Crippen molar-refractivity contribution < 1.29 is 0 Å². The third-order valence-electron chi connectivity index (χ3n) is 5.12. The highest BCUT2D eigenvalue weighted by molar-refractivity contribution is 5.26. The summed E-state index contributed by atoms with van der Waals surface area (Å²) in [6.07, 6.45) is 6.72. The SMILES string of the molecule is CCNC(Cc1ccccc1C)C1CCC(C)(C)CC1. The molecule has 1 atom stereocenters. The fourth-order valence-electron chi connectivity index (χ4n) is 3.57. The van der Waals surface area contributed by atoms with E-state index < -0.39 is 0 Å². The van der Waals surface area contributed by atoms with Gasteiger partial charge in [0.25, 0.3) is 0 Å². The zero-order valence-corrected chi connectivity index (χ0v) is 13.7. The van der Waals surface area contributed by atoms with Crippen molar-refractivity contribution in [2.75, 3.05) is 6.54 Å². The Balaban J connectivity index is 2.02. The third-order valence-corrected chi connectivity index (χ3v) is 5.12. The fourth-order valence-corrected chi connectivity index (χ4v) is 3.57. The molecule has 1 aromatic rings. The van der Waals surface area contributed by atoms with Gasteiger partial charge in [-0.2, -0.15) is 0 Å². The number of benzene rings is 1. The molecule has 1 nitrogen and oxygen atoms in total. The summed E-state index contributed by atoms with van der Waals surface area (Å²) in [7, 11) is 0. The lowest BCUT2D eigenvalue weighted by atomic mass is 9.70. The average Bonchev–Trinajstić information content (AvgIpc) is 2.41. The maximum atomic E-state index is 3.76. The Morgan fingerprint density at radius 2 is 1.85 bits per heavy atom. The summed E-state index contributed by atoms with van der Waals surface area (Å²) in [6, 6.07) is 9.51. The highest BCUT2D eigenvalue weighted by Crippen LogP contribution is 2.39. The van der Waals surface area contributed by atoms with Gasteiger partial charge < -0.3 is 5.32 Å². The van der Waals surface area contributed by atoms with Gasteiger partial charge in [0.2, 0.25) is 0 Å². The normalized spacial score (nSPS) is 20.8. The van der Waals surface area contributed by atoms with Gasteiger partial charge in [0.05, 0.1) is 0 Å². The molecule has 112 valence electrons. The van der Waals surface area contributed by atoms with Crippen molar-refractivity contribution >= 4 is 0 Å². The molecule has 2 rings (SSSR count). The molecule has 20 heavy (non-hydrogen) atoms. The molecule has 0 bridgehead atoms. The van der Waals surface area contributed by atoms with Crippen LogP contribution in [-0.4, -0.2) is 12.6 Å². The predicted molar refractivity (Wildman–Crippen MR) is 88.1 cm³/mol. The Hall–Kier alpha value is -0.820. The molecule has 0 aromatic heterocycles. The zero-order chi connectivity index (χ0) is 14.6. The van der Waals surface area contributed by atoms with E-state index in [1.807, 2.05) is 0 Å². The molecule has 1 fully saturated rings. The molecule has 0 aliphatic heterocycles. The first-order valence-corrected chi connectivity index (χ1v) is 8.30. The van der Waals surface area contributed by atoms with Crippen LogP contribution in [0.15, 0.2) is 24.3 Å². The minimum atomic E-state index is 0.565. The van der Waals surface area contributed by atoms with Crippen molar-refractivity contribution in [2.45, 2.75) is 65.8 Å². The summed E-state index contributed by atoms with van der Waals surface area (Å²) in [5, 5.41) is 3.76. The quantitative estimate of drug-likeness (QED) is 0.817. The minimum Gasteiger partial charge on any atom is -0.314 e. The van der Waals surface area contributed by atoms with Crippen molar-refractivity contribution in [1.82, 2.24) is 5.32 Å². The lowest BCUT2D eigenvalue weighted by molar-refractivity contribution is 0.161. The van der Waals surface area contributed by atoms with Crippen LogP contribution < -0.4 is 5.32 Å². The summed E-state index contributed by atoms with van der Waals surface area (Å²) < 4.78 is 0. The van der Waals surface area contributed by atoms with Crippen molar-refractivity contribution in [1.29, 1.82) is 0 Å². The average molecular weight is 273 g/mol. The topological polar surface area (TPSA) is 12.0 Å². The van der Waals surface area contributed by atoms with E-state index in [4.69, 9.17) is 0 Å². The van der Waals surface area contributed by atoms with Crippen LogP contribution in [0.5, 0.6) is 0 Å². The summed E-state index contributed by atoms with van der Waals surface area (Å²) >= 11 is 0. The molecule has 1 aromatic carbocycles. The second-order valence-corrected chi connectivity index (χ2v) is 7.30. The van der Waals surface area contributed by atoms with Crippen molar-refractivity contribution in [3.8, 4) is 0 Å². The standard InChI is InChI=1S/C19H31N/c1-5-20-18(14-17-9-7-6-8-15(17)2)16-10-12-19(3,4)13-11-16/h6-9,16,18,20H,5,10-14H2,1-4H3. The number of rotatable bonds is 5. The summed E-state index contributed by atoms with van der Waals surface area (Å²) in [4.78, 5) is 0. The van der Waals surface area contributed by atoms with Crippen molar-refractivity contribution in [3.05, 3.63) is 35.4 Å². The Morgan fingerprint density at radius 1 is 1.20 bits per heavy atom. The van der Waals surface area contributed by atoms with Gasteiger partial charge in [-0.1, -0.05) is 45.0 Å². The first-order chi connectivity index (χ1) is 9.52. The second kappa shape index (κ2) is 6.76. The summed E-state index contributed by atoms with van der Waals surface area (Å²) in [5.74, 6) is 0.850. The van der Waals surface area contributed by atoms with Crippen molar-refractivity contribution in [2.24, 2.45) is 11.3 Å². The van der Waals surface area contributed by atoms with Gasteiger partial charge in [-0.05, 0) is 68.0 Å². The van der Waals surface area contributed by atoms with Crippen LogP contribution in [0, 0.1) is 18.3 Å². The molecule has 1 heteroatoms. The van der Waals surface area contributed by atoms with E-state index in [-0.39, 0.29) is 0 Å². The molecule has 1 unspecified atom stereocenters. The molecular weight excluding hydrogens is 242 g/mol. The first-order valence-electron chi connectivity index (χ1n) is 8.30. The van der Waals surface area contributed by atoms with Gasteiger partial charge >= 0.3 is 0 Å². The Kier molecular flexibility index (Phi) is 5.26. The highest BCUT2D eigenvalue weighted by Gasteiger charge is 2.31. The van der Waals surface area contributed by atoms with Crippen LogP contribution in [0.4, 0.5) is 0 Å². The maximum absolute atomic E-state index is 3.76. The van der Waals surface area contributed by atoms with E-state index in [0.29, 0.717) is 11.5 Å². The van der Waals surface area contributed by atoms with Gasteiger partial charge in [-0.15, -0.1) is 0 Å². The van der Waals surface area contributed by atoms with Crippen LogP contribution >= 0.6 is 0 Å². The van der Waals surface area contributed by atoms with Gasteiger partial charge in [0, 0.05) is 6.04 Å². The van der Waals surface area contributed by atoms with Crippen LogP contribution in [-0.2, 0) is 6.42 Å². The Bertz CT molecular complexity index is 412. The number of hydrogen-bond acceptors (Lipinski definition) is 1. The predicted octanol–water partition coefficient (Wildman–Crippen LogP) is 4.73. The van der Waals surface area contributed by atoms with Crippen molar-refractivity contribution in [3.63, 3.8) is 0 Å². The highest BCUT2D eigenvalue weighted by atomic mass is 14.9. The van der Waals surface area contributed by atoms with E-state index in [1.165, 1.54) is 43.2 Å². The van der Waals surface area contributed by atoms with Gasteiger partial charge in [-0.25, -0.2) is 0 Å². The monoisotopic (exact) mass is 273 g/mol. The van der Waals surface area contributed by atoms with Gasteiger partial charge in [0.15, 0.2) is 0 Å². The van der Waals surface area contributed by atoms with E-state index in [0.717, 1.165) is 12.5 Å². The summed E-state index contributed by atoms with van der Waals surface area (Å²) in [6.45, 7) is 10.4. The number of aryl methyl sites for hydroxylation is 1. The van der Waals surface area contributed by atoms with E-state index in [9.17, 15) is 0 Å². The number of hydrogen-bond donors (Lipinski definition) is 1. The second-order valence-electron chi connectivity index (χ2n) is 7.30. The summed E-state index contributed by atoms with van der Waals surface area (Å²) in [5.41, 5.74) is 3.52. The first kappa shape index (κ1) is 15.6. The number of likely N-dealkylation sites (N-methyl/N-ethyl adjacent to an activating group) is 1. The molecule has 1 N–H and O–H groups in total. The fraction of sp³-hybridized carbons (Fsp3) is 0.684. The zero-order valence-electron chi connectivity index (χ0n) is 13.7. The maximum Gasteiger partial charge on any atom is 0.0136 e. The van der Waals surface area contributed by atoms with E-state index in [1.54, 1.807) is 0 Å². The molecule has 0 saturated heterocycles. The smallest absolute Gasteiger partial charge is 0.0136 e. The van der Waals surface area contributed by atoms with Gasteiger partial charge in [-0.3, -0.25) is 0 Å². The van der Waals surface area contributed by atoms with Crippen LogP contribution in [0.2, 0.25) is 0 Å². The molecule has 1 aliphatic carbocycles. The van der Waals surface area contributed by atoms with Crippen LogP contribution in [0.1, 0.15) is 57.6 Å². The minimum absolute atomic E-state index is 0.565. The van der Waals surface area contributed by atoms with Crippen LogP contribution in [0.3, 0.4) is 0 Å². The molecule has 0 amide bonds. The Morgan fingerprint density at radius 3 is 2.45 bits per heavy atom. The molecule has 0 spiro atoms. The number of nitrogens with one attached hydrogen (secondary N) is 1. The molecule has 1 saturated carbocycles. The molecule has 0 heterocycles. The lowest BCUT2D eigenvalue weighted by Gasteiger charge is -2.38. The molecule has 1 aliphatic rings. The van der Waals surface area contributed by atoms with Gasteiger partial charge in [0.1, 0.15) is 0 Å². The van der Waals surface area contributed by atoms with E-state index in [2.05, 4.69) is 57.3 Å². The van der Waals surface area contributed by atoms with Crippen LogP contribution in [0.25, 0.3) is 0 Å².